The highest BCUT2D eigenvalue weighted by Crippen LogP contribution is 2.21. The number of hydrogen-bond acceptors (Lipinski definition) is 6. The van der Waals surface area contributed by atoms with Crippen molar-refractivity contribution in [2.75, 3.05) is 18.0 Å². The van der Waals surface area contributed by atoms with Gasteiger partial charge in [0.25, 0.3) is 11.6 Å². The fourth-order valence-electron chi connectivity index (χ4n) is 3.59. The van der Waals surface area contributed by atoms with Crippen LogP contribution in [0.1, 0.15) is 34.6 Å². The predicted molar refractivity (Wildman–Crippen MR) is 112 cm³/mol. The molecule has 0 saturated carbocycles. The Kier molecular flexibility index (Phi) is 5.42. The highest BCUT2D eigenvalue weighted by atomic mass is 16.6. The number of nitrogens with one attached hydrogen (secondary N) is 1. The molecule has 1 saturated heterocycles. The Hall–Kier alpha value is -3.75. The zero-order chi connectivity index (χ0) is 21.1. The Morgan fingerprint density at radius 2 is 1.87 bits per heavy atom. The molecule has 0 unspecified atom stereocenters. The van der Waals surface area contributed by atoms with Gasteiger partial charge < -0.3 is 10.2 Å². The molecule has 1 aliphatic heterocycles. The van der Waals surface area contributed by atoms with Gasteiger partial charge in [-0.25, -0.2) is 4.68 Å². The second-order valence-corrected chi connectivity index (χ2v) is 7.26. The van der Waals surface area contributed by atoms with Gasteiger partial charge in [-0.15, -0.1) is 5.10 Å². The lowest BCUT2D eigenvalue weighted by Crippen LogP contribution is -2.24. The molecule has 1 aliphatic rings. The van der Waals surface area contributed by atoms with Gasteiger partial charge in [0, 0.05) is 37.5 Å². The Morgan fingerprint density at radius 1 is 1.13 bits per heavy atom. The van der Waals surface area contributed by atoms with Crippen LogP contribution >= 0.6 is 0 Å². The summed E-state index contributed by atoms with van der Waals surface area (Å²) in [5.74, 6) is -0.340. The number of benzene rings is 2. The molecular formula is C21H22N6O3. The van der Waals surface area contributed by atoms with E-state index in [9.17, 15) is 14.9 Å². The van der Waals surface area contributed by atoms with Crippen molar-refractivity contribution in [2.24, 2.45) is 0 Å². The van der Waals surface area contributed by atoms with Crippen LogP contribution in [0.3, 0.4) is 0 Å². The quantitative estimate of drug-likeness (QED) is 0.498. The topological polar surface area (TPSA) is 106 Å². The molecule has 1 aromatic heterocycles. The lowest BCUT2D eigenvalue weighted by molar-refractivity contribution is -0.384. The molecule has 0 aliphatic carbocycles. The highest BCUT2D eigenvalue weighted by Gasteiger charge is 2.18. The van der Waals surface area contributed by atoms with Gasteiger partial charge in [0.15, 0.2) is 5.69 Å². The molecule has 1 amide bonds. The van der Waals surface area contributed by atoms with E-state index in [1.54, 1.807) is 19.1 Å². The predicted octanol–water partition coefficient (Wildman–Crippen LogP) is 3.01. The Morgan fingerprint density at radius 3 is 2.57 bits per heavy atom. The molecule has 3 aromatic rings. The van der Waals surface area contributed by atoms with Crippen molar-refractivity contribution < 1.29 is 9.72 Å². The maximum atomic E-state index is 12.6. The summed E-state index contributed by atoms with van der Waals surface area (Å²) in [6.45, 7) is 4.27. The van der Waals surface area contributed by atoms with Crippen molar-refractivity contribution in [3.63, 3.8) is 0 Å². The minimum Gasteiger partial charge on any atom is -0.372 e. The molecule has 9 heteroatoms. The van der Waals surface area contributed by atoms with Crippen LogP contribution in [-0.4, -0.2) is 38.9 Å². The molecule has 2 heterocycles. The van der Waals surface area contributed by atoms with Crippen LogP contribution in [0, 0.1) is 17.0 Å². The lowest BCUT2D eigenvalue weighted by Gasteiger charge is -2.17. The monoisotopic (exact) mass is 406 g/mol. The number of anilines is 1. The Bertz CT molecular complexity index is 1070. The van der Waals surface area contributed by atoms with E-state index in [0.29, 0.717) is 17.9 Å². The van der Waals surface area contributed by atoms with E-state index in [-0.39, 0.29) is 17.3 Å². The number of nitrogens with zero attached hydrogens (tertiary/aromatic N) is 5. The highest BCUT2D eigenvalue weighted by molar-refractivity contribution is 5.93. The van der Waals surface area contributed by atoms with Crippen LogP contribution in [0.25, 0.3) is 5.69 Å². The van der Waals surface area contributed by atoms with Crippen LogP contribution in [0.2, 0.25) is 0 Å². The molecule has 1 N–H and O–H groups in total. The number of carbonyl (C=O) groups is 1. The van der Waals surface area contributed by atoms with Gasteiger partial charge in [-0.05, 0) is 43.5 Å². The van der Waals surface area contributed by atoms with Crippen molar-refractivity contribution in [3.05, 3.63) is 75.6 Å². The summed E-state index contributed by atoms with van der Waals surface area (Å²) in [7, 11) is 0. The minimum absolute atomic E-state index is 0.0502. The average Bonchev–Trinajstić information content (AvgIpc) is 3.42. The molecule has 9 nitrogen and oxygen atoms in total. The lowest BCUT2D eigenvalue weighted by atomic mass is 10.2. The largest absolute Gasteiger partial charge is 0.372 e. The summed E-state index contributed by atoms with van der Waals surface area (Å²) in [6, 6.07) is 14.2. The fraction of sp³-hybridized carbons (Fsp3) is 0.286. The zero-order valence-electron chi connectivity index (χ0n) is 16.6. The molecule has 0 spiro atoms. The third kappa shape index (κ3) is 4.00. The second kappa shape index (κ2) is 8.32. The van der Waals surface area contributed by atoms with E-state index < -0.39 is 4.92 Å². The number of rotatable bonds is 6. The molecule has 0 bridgehead atoms. The molecule has 0 radical (unpaired) electrons. The molecule has 2 aromatic carbocycles. The summed E-state index contributed by atoms with van der Waals surface area (Å²) in [4.78, 5) is 25.5. The van der Waals surface area contributed by atoms with Crippen LogP contribution in [-0.2, 0) is 6.54 Å². The molecule has 0 atom stereocenters. The van der Waals surface area contributed by atoms with Gasteiger partial charge in [0.1, 0.15) is 0 Å². The SMILES string of the molecule is Cc1c(C(=O)NCc2ccc(N3CCCC3)cc2)nnn1-c1cccc([N+](=O)[O-])c1. The second-order valence-electron chi connectivity index (χ2n) is 7.26. The average molecular weight is 406 g/mol. The maximum Gasteiger partial charge on any atom is 0.274 e. The van der Waals surface area contributed by atoms with E-state index in [1.165, 1.54) is 35.3 Å². The van der Waals surface area contributed by atoms with Gasteiger partial charge in [0.2, 0.25) is 0 Å². The molecule has 30 heavy (non-hydrogen) atoms. The van der Waals surface area contributed by atoms with Crippen molar-refractivity contribution in [1.29, 1.82) is 0 Å². The smallest absolute Gasteiger partial charge is 0.274 e. The summed E-state index contributed by atoms with van der Waals surface area (Å²) >= 11 is 0. The van der Waals surface area contributed by atoms with E-state index >= 15 is 0 Å². The van der Waals surface area contributed by atoms with Crippen molar-refractivity contribution in [3.8, 4) is 5.69 Å². The fourth-order valence-corrected chi connectivity index (χ4v) is 3.59. The van der Waals surface area contributed by atoms with Gasteiger partial charge in [0.05, 0.1) is 16.3 Å². The van der Waals surface area contributed by atoms with Gasteiger partial charge >= 0.3 is 0 Å². The first-order valence-corrected chi connectivity index (χ1v) is 9.82. The first-order chi connectivity index (χ1) is 14.5. The van der Waals surface area contributed by atoms with Crippen LogP contribution in [0.4, 0.5) is 11.4 Å². The maximum absolute atomic E-state index is 12.6. The summed E-state index contributed by atoms with van der Waals surface area (Å²) in [5, 5.41) is 21.8. The van der Waals surface area contributed by atoms with E-state index in [2.05, 4.69) is 32.7 Å². The summed E-state index contributed by atoms with van der Waals surface area (Å²) in [6.07, 6.45) is 2.46. The zero-order valence-corrected chi connectivity index (χ0v) is 16.6. The van der Waals surface area contributed by atoms with E-state index in [0.717, 1.165) is 18.7 Å². The first kappa shape index (κ1) is 19.6. The minimum atomic E-state index is -0.474. The number of nitro benzene ring substituents is 1. The normalized spacial score (nSPS) is 13.4. The summed E-state index contributed by atoms with van der Waals surface area (Å²) < 4.78 is 1.42. The molecular weight excluding hydrogens is 384 g/mol. The third-order valence-corrected chi connectivity index (χ3v) is 5.26. The number of aromatic nitrogens is 3. The van der Waals surface area contributed by atoms with Crippen LogP contribution in [0.5, 0.6) is 0 Å². The van der Waals surface area contributed by atoms with Crippen molar-refractivity contribution in [1.82, 2.24) is 20.3 Å². The molecule has 4 rings (SSSR count). The number of carbonyl (C=O) groups excluding carboxylic acids is 1. The molecule has 1 fully saturated rings. The standard InChI is InChI=1S/C21H22N6O3/c1-15-20(23-24-26(15)18-5-4-6-19(13-18)27(29)30)21(28)22-14-16-7-9-17(10-8-16)25-11-2-3-12-25/h4-10,13H,2-3,11-12,14H2,1H3,(H,22,28). The van der Waals surface area contributed by atoms with Crippen LogP contribution in [0.15, 0.2) is 48.5 Å². The van der Waals surface area contributed by atoms with E-state index in [1.807, 2.05) is 12.1 Å². The number of nitro groups is 1. The molecule has 154 valence electrons. The van der Waals surface area contributed by atoms with Gasteiger partial charge in [-0.1, -0.05) is 23.4 Å². The first-order valence-electron chi connectivity index (χ1n) is 9.82. The Balaban J connectivity index is 1.43. The van der Waals surface area contributed by atoms with E-state index in [4.69, 9.17) is 0 Å². The number of amides is 1. The van der Waals surface area contributed by atoms with Gasteiger partial charge in [-0.3, -0.25) is 14.9 Å². The number of hydrogen-bond donors (Lipinski definition) is 1. The Labute approximate surface area is 173 Å². The van der Waals surface area contributed by atoms with Crippen molar-refractivity contribution >= 4 is 17.3 Å². The van der Waals surface area contributed by atoms with Crippen LogP contribution < -0.4 is 10.2 Å². The third-order valence-electron chi connectivity index (χ3n) is 5.26. The van der Waals surface area contributed by atoms with Crippen molar-refractivity contribution in [2.45, 2.75) is 26.3 Å². The van der Waals surface area contributed by atoms with Gasteiger partial charge in [-0.2, -0.15) is 0 Å². The number of non-ortho nitro benzene ring substituents is 1. The summed E-state index contributed by atoms with van der Waals surface area (Å²) in [5.41, 5.74) is 3.33.